The lowest BCUT2D eigenvalue weighted by Gasteiger charge is -2.07. The fourth-order valence-electron chi connectivity index (χ4n) is 1.05. The predicted octanol–water partition coefficient (Wildman–Crippen LogP) is 3.32. The number of nitro groups is 1. The molecule has 0 fully saturated rings. The van der Waals surface area contributed by atoms with Crippen molar-refractivity contribution < 1.29 is 13.7 Å². The Morgan fingerprint density at radius 1 is 1.60 bits per heavy atom. The second kappa shape index (κ2) is 4.67. The molecule has 82 valence electrons. The van der Waals surface area contributed by atoms with Gasteiger partial charge in [-0.15, -0.1) is 11.6 Å². The first-order chi connectivity index (χ1) is 6.99. The molecule has 0 spiro atoms. The van der Waals surface area contributed by atoms with Crippen molar-refractivity contribution in [3.63, 3.8) is 0 Å². The van der Waals surface area contributed by atoms with E-state index >= 15 is 0 Å². The number of alkyl halides is 3. The molecule has 4 nitrogen and oxygen atoms in total. The molecule has 0 aliphatic heterocycles. The van der Waals surface area contributed by atoms with Crippen LogP contribution in [-0.2, 0) is 5.88 Å². The van der Waals surface area contributed by atoms with Gasteiger partial charge in [-0.25, -0.2) is 13.8 Å². The number of hydrogen-bond acceptors (Lipinski definition) is 3. The number of rotatable bonds is 3. The largest absolute Gasteiger partial charge is 0.292 e. The summed E-state index contributed by atoms with van der Waals surface area (Å²) in [6, 6.07) is 0. The lowest BCUT2D eigenvalue weighted by molar-refractivity contribution is -0.385. The van der Waals surface area contributed by atoms with Gasteiger partial charge in [-0.3, -0.25) is 10.1 Å². The molecule has 15 heavy (non-hydrogen) atoms. The molecule has 0 aliphatic rings. The van der Waals surface area contributed by atoms with Crippen molar-refractivity contribution in [3.05, 3.63) is 32.6 Å². The average molecular weight is 257 g/mol. The number of pyridine rings is 1. The molecular weight excluding hydrogens is 253 g/mol. The maximum atomic E-state index is 12.5. The molecule has 1 aromatic heterocycles. The minimum Gasteiger partial charge on any atom is -0.258 e. The molecule has 1 aromatic rings. The summed E-state index contributed by atoms with van der Waals surface area (Å²) in [5, 5.41) is 10.0. The summed E-state index contributed by atoms with van der Waals surface area (Å²) in [6.45, 7) is 0. The number of halogens is 4. The van der Waals surface area contributed by atoms with Crippen molar-refractivity contribution in [2.75, 3.05) is 0 Å². The van der Waals surface area contributed by atoms with E-state index in [-0.39, 0.29) is 5.56 Å². The van der Waals surface area contributed by atoms with Gasteiger partial charge in [-0.05, 0) is 0 Å². The number of hydrogen-bond donors (Lipinski definition) is 0. The first-order valence-electron chi connectivity index (χ1n) is 3.64. The molecule has 0 atom stereocenters. The van der Waals surface area contributed by atoms with Crippen molar-refractivity contribution in [1.82, 2.24) is 4.98 Å². The van der Waals surface area contributed by atoms with E-state index in [1.165, 1.54) is 0 Å². The maximum Gasteiger partial charge on any atom is 0.292 e. The van der Waals surface area contributed by atoms with Gasteiger partial charge in [0.05, 0.1) is 21.9 Å². The summed E-state index contributed by atoms with van der Waals surface area (Å²) in [7, 11) is 0. The van der Waals surface area contributed by atoms with Crippen LogP contribution in [0, 0.1) is 10.1 Å². The lowest BCUT2D eigenvalue weighted by Crippen LogP contribution is -2.02. The third-order valence-corrected chi connectivity index (χ3v) is 2.27. The first-order valence-corrected chi connectivity index (χ1v) is 4.56. The number of nitrogens with zero attached hydrogens (tertiary/aromatic N) is 2. The SMILES string of the molecule is O=[N+]([O-])c1cnc(Cl)c(C(F)F)c1CCl. The molecule has 0 saturated heterocycles. The average Bonchev–Trinajstić information content (AvgIpc) is 2.15. The van der Waals surface area contributed by atoms with Gasteiger partial charge in [0, 0.05) is 0 Å². The second-order valence-electron chi connectivity index (χ2n) is 2.52. The Morgan fingerprint density at radius 3 is 2.60 bits per heavy atom. The van der Waals surface area contributed by atoms with Gasteiger partial charge in [-0.2, -0.15) is 0 Å². The van der Waals surface area contributed by atoms with Gasteiger partial charge >= 0.3 is 0 Å². The van der Waals surface area contributed by atoms with Crippen LogP contribution in [0.25, 0.3) is 0 Å². The normalized spacial score (nSPS) is 10.7. The van der Waals surface area contributed by atoms with Gasteiger partial charge in [-0.1, -0.05) is 11.6 Å². The Kier molecular flexibility index (Phi) is 3.76. The molecule has 0 N–H and O–H groups in total. The number of aromatic nitrogens is 1. The van der Waals surface area contributed by atoms with E-state index in [0.717, 1.165) is 6.20 Å². The Hall–Kier alpha value is -1.01. The van der Waals surface area contributed by atoms with Crippen LogP contribution in [-0.4, -0.2) is 9.91 Å². The van der Waals surface area contributed by atoms with Gasteiger partial charge in [0.2, 0.25) is 0 Å². The smallest absolute Gasteiger partial charge is 0.258 e. The predicted molar refractivity (Wildman–Crippen MR) is 50.4 cm³/mol. The minimum absolute atomic E-state index is 0.295. The second-order valence-corrected chi connectivity index (χ2v) is 3.14. The Bertz CT molecular complexity index is 401. The third kappa shape index (κ3) is 2.32. The summed E-state index contributed by atoms with van der Waals surface area (Å²) >= 11 is 10.8. The van der Waals surface area contributed by atoms with Crippen molar-refractivity contribution in [2.24, 2.45) is 0 Å². The molecule has 0 aromatic carbocycles. The van der Waals surface area contributed by atoms with Crippen molar-refractivity contribution in [2.45, 2.75) is 12.3 Å². The van der Waals surface area contributed by atoms with Crippen LogP contribution in [0.1, 0.15) is 17.6 Å². The molecule has 8 heteroatoms. The first kappa shape index (κ1) is 12.1. The quantitative estimate of drug-likeness (QED) is 0.361. The zero-order chi connectivity index (χ0) is 11.6. The van der Waals surface area contributed by atoms with E-state index in [4.69, 9.17) is 23.2 Å². The molecule has 1 heterocycles. The Morgan fingerprint density at radius 2 is 2.20 bits per heavy atom. The van der Waals surface area contributed by atoms with Crippen LogP contribution in [0.15, 0.2) is 6.20 Å². The molecule has 0 unspecified atom stereocenters. The lowest BCUT2D eigenvalue weighted by atomic mass is 10.1. The van der Waals surface area contributed by atoms with E-state index in [1.54, 1.807) is 0 Å². The monoisotopic (exact) mass is 256 g/mol. The van der Waals surface area contributed by atoms with Crippen LogP contribution in [0.4, 0.5) is 14.5 Å². The molecular formula is C7H4Cl2F2N2O2. The molecule has 0 bridgehead atoms. The van der Waals surface area contributed by atoms with E-state index in [1.807, 2.05) is 0 Å². The molecule has 0 saturated carbocycles. The van der Waals surface area contributed by atoms with Gasteiger partial charge < -0.3 is 0 Å². The van der Waals surface area contributed by atoms with Crippen LogP contribution in [0.2, 0.25) is 5.15 Å². The van der Waals surface area contributed by atoms with Gasteiger partial charge in [0.15, 0.2) is 0 Å². The Labute approximate surface area is 93.0 Å². The van der Waals surface area contributed by atoms with Crippen molar-refractivity contribution in [1.29, 1.82) is 0 Å². The molecule has 0 radical (unpaired) electrons. The summed E-state index contributed by atoms with van der Waals surface area (Å²) in [4.78, 5) is 13.0. The van der Waals surface area contributed by atoms with Gasteiger partial charge in [0.25, 0.3) is 12.1 Å². The van der Waals surface area contributed by atoms with Crippen LogP contribution < -0.4 is 0 Å². The minimum atomic E-state index is -2.95. The van der Waals surface area contributed by atoms with Crippen LogP contribution in [0.3, 0.4) is 0 Å². The third-order valence-electron chi connectivity index (χ3n) is 1.71. The fourth-order valence-corrected chi connectivity index (χ4v) is 1.57. The highest BCUT2D eigenvalue weighted by atomic mass is 35.5. The van der Waals surface area contributed by atoms with Crippen molar-refractivity contribution >= 4 is 28.9 Å². The highest BCUT2D eigenvalue weighted by molar-refractivity contribution is 6.30. The highest BCUT2D eigenvalue weighted by Crippen LogP contribution is 2.34. The van der Waals surface area contributed by atoms with E-state index in [0.29, 0.717) is 0 Å². The zero-order valence-electron chi connectivity index (χ0n) is 7.08. The summed E-state index contributed by atoms with van der Waals surface area (Å²) in [5.41, 5.74) is -1.53. The molecule has 0 aliphatic carbocycles. The van der Waals surface area contributed by atoms with Gasteiger partial charge in [0.1, 0.15) is 11.3 Å². The van der Waals surface area contributed by atoms with E-state index in [2.05, 4.69) is 4.98 Å². The maximum absolute atomic E-state index is 12.5. The fraction of sp³-hybridized carbons (Fsp3) is 0.286. The summed E-state index contributed by atoms with van der Waals surface area (Å²) in [5.74, 6) is -0.418. The highest BCUT2D eigenvalue weighted by Gasteiger charge is 2.26. The van der Waals surface area contributed by atoms with E-state index in [9.17, 15) is 18.9 Å². The summed E-state index contributed by atoms with van der Waals surface area (Å²) in [6.07, 6.45) is -2.13. The Balaban J connectivity index is 3.47. The standard InChI is InChI=1S/C7H4Cl2F2N2O2/c8-1-3-4(13(14)15)2-12-6(9)5(3)7(10)11/h2,7H,1H2. The molecule has 0 amide bonds. The summed E-state index contributed by atoms with van der Waals surface area (Å²) < 4.78 is 25.0. The molecule has 1 rings (SSSR count). The van der Waals surface area contributed by atoms with Crippen LogP contribution in [0.5, 0.6) is 0 Å². The topological polar surface area (TPSA) is 56.0 Å². The van der Waals surface area contributed by atoms with Crippen LogP contribution >= 0.6 is 23.2 Å². The zero-order valence-corrected chi connectivity index (χ0v) is 8.60. The van der Waals surface area contributed by atoms with E-state index < -0.39 is 33.6 Å². The van der Waals surface area contributed by atoms with Crippen molar-refractivity contribution in [3.8, 4) is 0 Å².